The van der Waals surface area contributed by atoms with Crippen LogP contribution in [0.25, 0.3) is 21.5 Å². The van der Waals surface area contributed by atoms with Gasteiger partial charge in [-0.2, -0.15) is 0 Å². The highest BCUT2D eigenvalue weighted by Crippen LogP contribution is 2.37. The lowest BCUT2D eigenvalue weighted by Gasteiger charge is -2.20. The van der Waals surface area contributed by atoms with Crippen LogP contribution in [0.5, 0.6) is 11.5 Å². The van der Waals surface area contributed by atoms with Crippen molar-refractivity contribution < 1.29 is 14.9 Å². The van der Waals surface area contributed by atoms with Crippen molar-refractivity contribution in [2.75, 3.05) is 0 Å². The molecule has 0 aliphatic rings. The molecule has 3 nitrogen and oxygen atoms in total. The first-order valence-electron chi connectivity index (χ1n) is 13.2. The highest BCUT2D eigenvalue weighted by atomic mass is 16.5. The topological polar surface area (TPSA) is 49.7 Å². The van der Waals surface area contributed by atoms with Crippen molar-refractivity contribution in [3.63, 3.8) is 0 Å². The van der Waals surface area contributed by atoms with Crippen LogP contribution in [0.2, 0.25) is 0 Å². The van der Waals surface area contributed by atoms with E-state index in [1.165, 1.54) is 0 Å². The average Bonchev–Trinajstić information content (AvgIpc) is 2.98. The summed E-state index contributed by atoms with van der Waals surface area (Å²) in [6.07, 6.45) is -1.55. The van der Waals surface area contributed by atoms with Gasteiger partial charge < -0.3 is 14.9 Å². The Balaban J connectivity index is 1.30. The zero-order valence-corrected chi connectivity index (χ0v) is 22.0. The van der Waals surface area contributed by atoms with Crippen LogP contribution in [0.1, 0.15) is 45.6 Å². The maximum Gasteiger partial charge on any atom is 0.130 e. The van der Waals surface area contributed by atoms with E-state index in [2.05, 4.69) is 24.3 Å². The van der Waals surface area contributed by atoms with Gasteiger partial charge in [0.2, 0.25) is 0 Å². The lowest BCUT2D eigenvalue weighted by Crippen LogP contribution is -2.05. The van der Waals surface area contributed by atoms with Crippen LogP contribution in [-0.4, -0.2) is 10.2 Å². The highest BCUT2D eigenvalue weighted by Gasteiger charge is 2.19. The molecular formula is C36H30O3. The third kappa shape index (κ3) is 4.79. The Morgan fingerprint density at radius 2 is 0.872 bits per heavy atom. The molecule has 2 atom stereocenters. The van der Waals surface area contributed by atoms with Crippen molar-refractivity contribution >= 4 is 21.5 Å². The number of ether oxygens (including phenoxy) is 1. The van der Waals surface area contributed by atoms with Crippen LogP contribution in [0.15, 0.2) is 121 Å². The first-order chi connectivity index (χ1) is 19.0. The molecule has 2 unspecified atom stereocenters. The molecule has 6 aromatic carbocycles. The fourth-order valence-corrected chi connectivity index (χ4v) is 5.31. The van der Waals surface area contributed by atoms with Gasteiger partial charge in [-0.1, -0.05) is 97.1 Å². The number of aliphatic hydroxyl groups excluding tert-OH is 2. The molecule has 0 aliphatic heterocycles. The molecule has 0 aromatic heterocycles. The Kier molecular flexibility index (Phi) is 6.62. The highest BCUT2D eigenvalue weighted by molar-refractivity contribution is 5.84. The van der Waals surface area contributed by atoms with Gasteiger partial charge in [-0.3, -0.25) is 0 Å². The van der Waals surface area contributed by atoms with Gasteiger partial charge in [-0.15, -0.1) is 0 Å². The van der Waals surface area contributed by atoms with E-state index in [9.17, 15) is 10.2 Å². The van der Waals surface area contributed by atoms with Crippen LogP contribution in [0, 0.1) is 13.8 Å². The molecule has 0 radical (unpaired) electrons. The fraction of sp³-hybridized carbons (Fsp3) is 0.111. The third-order valence-corrected chi connectivity index (χ3v) is 7.64. The van der Waals surface area contributed by atoms with Gasteiger partial charge in [0.1, 0.15) is 23.7 Å². The second-order valence-corrected chi connectivity index (χ2v) is 10.1. The Labute approximate surface area is 228 Å². The minimum atomic E-state index is -0.777. The smallest absolute Gasteiger partial charge is 0.130 e. The van der Waals surface area contributed by atoms with Gasteiger partial charge in [-0.05, 0) is 93.0 Å². The Hall–Kier alpha value is -4.44. The van der Waals surface area contributed by atoms with Crippen LogP contribution in [0.4, 0.5) is 0 Å². The van der Waals surface area contributed by atoms with Crippen molar-refractivity contribution in [2.24, 2.45) is 0 Å². The summed E-state index contributed by atoms with van der Waals surface area (Å²) < 4.78 is 6.41. The van der Waals surface area contributed by atoms with Gasteiger partial charge >= 0.3 is 0 Å². The summed E-state index contributed by atoms with van der Waals surface area (Å²) in [7, 11) is 0. The minimum Gasteiger partial charge on any atom is -0.457 e. The van der Waals surface area contributed by atoms with Gasteiger partial charge in [0.25, 0.3) is 0 Å². The van der Waals surface area contributed by atoms with E-state index >= 15 is 0 Å². The van der Waals surface area contributed by atoms with E-state index in [-0.39, 0.29) is 0 Å². The molecule has 6 aromatic rings. The van der Waals surface area contributed by atoms with Crippen molar-refractivity contribution in [3.8, 4) is 11.5 Å². The maximum atomic E-state index is 11.3. The zero-order chi connectivity index (χ0) is 26.9. The molecule has 0 bridgehead atoms. The lowest BCUT2D eigenvalue weighted by atomic mass is 9.94. The van der Waals surface area contributed by atoms with E-state index in [0.29, 0.717) is 11.5 Å². The predicted molar refractivity (Wildman–Crippen MR) is 158 cm³/mol. The number of aliphatic hydroxyl groups is 2. The van der Waals surface area contributed by atoms with Crippen LogP contribution < -0.4 is 4.74 Å². The summed E-state index contributed by atoms with van der Waals surface area (Å²) in [4.78, 5) is 0. The molecule has 39 heavy (non-hydrogen) atoms. The number of benzene rings is 6. The Bertz CT molecular complexity index is 1670. The second kappa shape index (κ2) is 10.4. The zero-order valence-electron chi connectivity index (χ0n) is 22.0. The van der Waals surface area contributed by atoms with Crippen LogP contribution in [-0.2, 0) is 0 Å². The molecule has 0 aliphatic carbocycles. The molecule has 0 heterocycles. The average molecular weight is 511 g/mol. The van der Waals surface area contributed by atoms with Crippen molar-refractivity contribution in [3.05, 3.63) is 155 Å². The monoisotopic (exact) mass is 510 g/mol. The van der Waals surface area contributed by atoms with E-state index in [1.54, 1.807) is 0 Å². The van der Waals surface area contributed by atoms with Gasteiger partial charge in [-0.25, -0.2) is 0 Å². The Morgan fingerprint density at radius 1 is 0.462 bits per heavy atom. The first kappa shape index (κ1) is 24.9. The standard InChI is InChI=1S/C36H30O3/c1-23-31(35(37)29-19-17-25-9-3-5-11-27(25)21-29)13-7-15-33(23)39-34-16-8-14-32(24(34)2)36(38)30-20-18-26-10-4-6-12-28(26)22-30/h3-22,35-38H,1-2H3. The number of hydrogen-bond acceptors (Lipinski definition) is 3. The fourth-order valence-electron chi connectivity index (χ4n) is 5.31. The Morgan fingerprint density at radius 3 is 1.31 bits per heavy atom. The summed E-state index contributed by atoms with van der Waals surface area (Å²) >= 11 is 0. The molecule has 6 rings (SSSR count). The SMILES string of the molecule is Cc1c(Oc2cccc(C(O)c3ccc4ccccc4c3)c2C)cccc1C(O)c1ccc2ccccc2c1. The summed E-state index contributed by atoms with van der Waals surface area (Å²) in [6, 6.07) is 39.9. The minimum absolute atomic E-state index is 0.674. The summed E-state index contributed by atoms with van der Waals surface area (Å²) in [6.45, 7) is 3.94. The molecule has 2 N–H and O–H groups in total. The number of rotatable bonds is 6. The van der Waals surface area contributed by atoms with Crippen LogP contribution >= 0.6 is 0 Å². The van der Waals surface area contributed by atoms with E-state index < -0.39 is 12.2 Å². The number of fused-ring (bicyclic) bond motifs is 2. The lowest BCUT2D eigenvalue weighted by molar-refractivity contribution is 0.219. The molecule has 0 saturated carbocycles. The predicted octanol–water partition coefficient (Wildman–Crippen LogP) is 8.57. The molecule has 192 valence electrons. The largest absolute Gasteiger partial charge is 0.457 e. The van der Waals surface area contributed by atoms with E-state index in [4.69, 9.17) is 4.74 Å². The first-order valence-corrected chi connectivity index (χ1v) is 13.2. The molecule has 0 fully saturated rings. The van der Waals surface area contributed by atoms with Crippen LogP contribution in [0.3, 0.4) is 0 Å². The molecule has 3 heteroatoms. The molecular weight excluding hydrogens is 480 g/mol. The normalized spacial score (nSPS) is 12.9. The summed E-state index contributed by atoms with van der Waals surface area (Å²) in [5.41, 5.74) is 5.02. The quantitative estimate of drug-likeness (QED) is 0.236. The van der Waals surface area contributed by atoms with Crippen molar-refractivity contribution in [1.29, 1.82) is 0 Å². The van der Waals surface area contributed by atoms with Gasteiger partial charge in [0, 0.05) is 0 Å². The summed E-state index contributed by atoms with van der Waals surface area (Å²) in [5.74, 6) is 1.35. The van der Waals surface area contributed by atoms with Gasteiger partial charge in [0.15, 0.2) is 0 Å². The van der Waals surface area contributed by atoms with Crippen molar-refractivity contribution in [2.45, 2.75) is 26.1 Å². The third-order valence-electron chi connectivity index (χ3n) is 7.64. The molecule has 0 saturated heterocycles. The number of hydrogen-bond donors (Lipinski definition) is 2. The van der Waals surface area contributed by atoms with E-state index in [0.717, 1.165) is 54.9 Å². The van der Waals surface area contributed by atoms with E-state index in [1.807, 2.05) is 111 Å². The maximum absolute atomic E-state index is 11.3. The van der Waals surface area contributed by atoms with Gasteiger partial charge in [0.05, 0.1) is 0 Å². The van der Waals surface area contributed by atoms with Crippen molar-refractivity contribution in [1.82, 2.24) is 0 Å². The molecule has 0 spiro atoms. The molecule has 0 amide bonds. The second-order valence-electron chi connectivity index (χ2n) is 10.1. The summed E-state index contributed by atoms with van der Waals surface area (Å²) in [5, 5.41) is 27.1.